The minimum Gasteiger partial charge on any atom is -0.375 e. The molecule has 0 saturated carbocycles. The zero-order chi connectivity index (χ0) is 13.7. The number of morpholine rings is 1. The molecule has 0 bridgehead atoms. The van der Waals surface area contributed by atoms with E-state index in [0.717, 1.165) is 17.4 Å². The number of carbonyl (C=O) groups is 1. The quantitative estimate of drug-likeness (QED) is 0.881. The third-order valence-electron chi connectivity index (χ3n) is 3.23. The average Bonchev–Trinajstić information content (AvgIpc) is 2.41. The third kappa shape index (κ3) is 4.30. The van der Waals surface area contributed by atoms with Crippen molar-refractivity contribution in [1.82, 2.24) is 10.6 Å². The SMILES string of the molecule is C[C@H]1OCCN[C@@H]1C(=O)NCCc1ccc(Br)cc1. The van der Waals surface area contributed by atoms with E-state index in [1.807, 2.05) is 19.1 Å². The summed E-state index contributed by atoms with van der Waals surface area (Å²) in [5.74, 6) is 0.0179. The Kier molecular flexibility index (Phi) is 5.36. The number of hydrogen-bond acceptors (Lipinski definition) is 3. The van der Waals surface area contributed by atoms with Gasteiger partial charge in [-0.1, -0.05) is 28.1 Å². The van der Waals surface area contributed by atoms with Gasteiger partial charge in [0.15, 0.2) is 0 Å². The van der Waals surface area contributed by atoms with Crippen molar-refractivity contribution in [3.63, 3.8) is 0 Å². The van der Waals surface area contributed by atoms with Crippen molar-refractivity contribution in [2.75, 3.05) is 19.7 Å². The van der Waals surface area contributed by atoms with Gasteiger partial charge in [-0.15, -0.1) is 0 Å². The molecule has 1 aromatic rings. The van der Waals surface area contributed by atoms with Crippen LogP contribution in [0.3, 0.4) is 0 Å². The van der Waals surface area contributed by atoms with E-state index in [0.29, 0.717) is 13.2 Å². The predicted octanol–water partition coefficient (Wildman–Crippen LogP) is 1.48. The number of rotatable bonds is 4. The molecule has 0 spiro atoms. The normalized spacial score (nSPS) is 23.1. The highest BCUT2D eigenvalue weighted by molar-refractivity contribution is 9.10. The molecule has 5 heteroatoms. The highest BCUT2D eigenvalue weighted by atomic mass is 79.9. The van der Waals surface area contributed by atoms with Gasteiger partial charge < -0.3 is 15.4 Å². The smallest absolute Gasteiger partial charge is 0.239 e. The Hall–Kier alpha value is -0.910. The maximum absolute atomic E-state index is 12.0. The molecular weight excluding hydrogens is 308 g/mol. The van der Waals surface area contributed by atoms with Crippen LogP contribution in [0.15, 0.2) is 28.7 Å². The van der Waals surface area contributed by atoms with Crippen molar-refractivity contribution in [3.05, 3.63) is 34.3 Å². The van der Waals surface area contributed by atoms with E-state index in [-0.39, 0.29) is 18.1 Å². The van der Waals surface area contributed by atoms with Gasteiger partial charge in [-0.25, -0.2) is 0 Å². The first kappa shape index (κ1) is 14.5. The van der Waals surface area contributed by atoms with Crippen LogP contribution >= 0.6 is 15.9 Å². The van der Waals surface area contributed by atoms with Crippen LogP contribution < -0.4 is 10.6 Å². The molecule has 2 atom stereocenters. The Morgan fingerprint density at radius 2 is 2.21 bits per heavy atom. The second-order valence-corrected chi connectivity index (χ2v) is 5.59. The minimum atomic E-state index is -0.237. The maximum Gasteiger partial charge on any atom is 0.239 e. The molecule has 1 aromatic carbocycles. The van der Waals surface area contributed by atoms with Crippen molar-refractivity contribution in [1.29, 1.82) is 0 Å². The van der Waals surface area contributed by atoms with Crippen LogP contribution in [0.2, 0.25) is 0 Å². The summed E-state index contributed by atoms with van der Waals surface area (Å²) in [6.07, 6.45) is 0.766. The number of carbonyl (C=O) groups excluding carboxylic acids is 1. The predicted molar refractivity (Wildman–Crippen MR) is 78.1 cm³/mol. The number of amides is 1. The number of benzene rings is 1. The molecule has 1 fully saturated rings. The molecule has 0 radical (unpaired) electrons. The number of nitrogens with one attached hydrogen (secondary N) is 2. The fourth-order valence-corrected chi connectivity index (χ4v) is 2.38. The van der Waals surface area contributed by atoms with E-state index in [9.17, 15) is 4.79 Å². The van der Waals surface area contributed by atoms with E-state index < -0.39 is 0 Å². The molecule has 0 aromatic heterocycles. The van der Waals surface area contributed by atoms with Crippen LogP contribution in [-0.4, -0.2) is 37.7 Å². The van der Waals surface area contributed by atoms with Gasteiger partial charge in [-0.2, -0.15) is 0 Å². The monoisotopic (exact) mass is 326 g/mol. The molecule has 4 nitrogen and oxygen atoms in total. The lowest BCUT2D eigenvalue weighted by atomic mass is 10.1. The van der Waals surface area contributed by atoms with Crippen molar-refractivity contribution >= 4 is 21.8 Å². The van der Waals surface area contributed by atoms with E-state index in [1.54, 1.807) is 0 Å². The molecule has 19 heavy (non-hydrogen) atoms. The van der Waals surface area contributed by atoms with E-state index in [4.69, 9.17) is 4.74 Å². The summed E-state index contributed by atoms with van der Waals surface area (Å²) >= 11 is 3.40. The van der Waals surface area contributed by atoms with E-state index in [2.05, 4.69) is 38.7 Å². The standard InChI is InChI=1S/C14H19BrN2O2/c1-10-13(16-8-9-19-10)14(18)17-7-6-11-2-4-12(15)5-3-11/h2-5,10,13,16H,6-9H2,1H3,(H,17,18)/t10-,13+/m1/s1. The molecule has 1 saturated heterocycles. The Balaban J connectivity index is 1.75. The molecular formula is C14H19BrN2O2. The average molecular weight is 327 g/mol. The minimum absolute atomic E-state index is 0.0179. The van der Waals surface area contributed by atoms with Crippen LogP contribution in [0.1, 0.15) is 12.5 Å². The fourth-order valence-electron chi connectivity index (χ4n) is 2.12. The Bertz CT molecular complexity index is 422. The highest BCUT2D eigenvalue weighted by Crippen LogP contribution is 2.10. The summed E-state index contributed by atoms with van der Waals surface area (Å²) in [5, 5.41) is 6.13. The van der Waals surface area contributed by atoms with E-state index in [1.165, 1.54) is 5.56 Å². The molecule has 1 aliphatic heterocycles. The van der Waals surface area contributed by atoms with Gasteiger partial charge in [0.2, 0.25) is 5.91 Å². The van der Waals surface area contributed by atoms with Gasteiger partial charge in [-0.3, -0.25) is 4.79 Å². The molecule has 104 valence electrons. The van der Waals surface area contributed by atoms with Crippen LogP contribution in [0.5, 0.6) is 0 Å². The zero-order valence-electron chi connectivity index (χ0n) is 11.0. The maximum atomic E-state index is 12.0. The second kappa shape index (κ2) is 7.03. The topological polar surface area (TPSA) is 50.4 Å². The summed E-state index contributed by atoms with van der Waals surface area (Å²) in [6, 6.07) is 7.89. The van der Waals surface area contributed by atoms with Gasteiger partial charge in [0.05, 0.1) is 12.7 Å². The number of hydrogen-bond donors (Lipinski definition) is 2. The van der Waals surface area contributed by atoms with Gasteiger partial charge in [0, 0.05) is 17.6 Å². The lowest BCUT2D eigenvalue weighted by molar-refractivity contribution is -0.128. The number of ether oxygens (including phenoxy) is 1. The highest BCUT2D eigenvalue weighted by Gasteiger charge is 2.27. The number of halogens is 1. The molecule has 1 aliphatic rings. The molecule has 0 unspecified atom stereocenters. The van der Waals surface area contributed by atoms with Gasteiger partial charge >= 0.3 is 0 Å². The van der Waals surface area contributed by atoms with Crippen LogP contribution in [0, 0.1) is 0 Å². The van der Waals surface area contributed by atoms with Crippen LogP contribution in [0.4, 0.5) is 0 Å². The van der Waals surface area contributed by atoms with Gasteiger partial charge in [0.1, 0.15) is 6.04 Å². The molecule has 2 N–H and O–H groups in total. The first-order chi connectivity index (χ1) is 9.16. The molecule has 0 aliphatic carbocycles. The second-order valence-electron chi connectivity index (χ2n) is 4.68. The zero-order valence-corrected chi connectivity index (χ0v) is 12.6. The van der Waals surface area contributed by atoms with Crippen molar-refractivity contribution < 1.29 is 9.53 Å². The molecule has 1 heterocycles. The van der Waals surface area contributed by atoms with Gasteiger partial charge in [-0.05, 0) is 31.0 Å². The molecule has 1 amide bonds. The van der Waals surface area contributed by atoms with Gasteiger partial charge in [0.25, 0.3) is 0 Å². The summed E-state index contributed by atoms with van der Waals surface area (Å²) in [4.78, 5) is 12.0. The lowest BCUT2D eigenvalue weighted by Crippen LogP contribution is -2.55. The Morgan fingerprint density at radius 3 is 2.89 bits per heavy atom. The van der Waals surface area contributed by atoms with E-state index >= 15 is 0 Å². The van der Waals surface area contributed by atoms with Crippen molar-refractivity contribution in [2.24, 2.45) is 0 Å². The first-order valence-electron chi connectivity index (χ1n) is 6.54. The largest absolute Gasteiger partial charge is 0.375 e. The Labute approximate surface area is 122 Å². The summed E-state index contributed by atoms with van der Waals surface area (Å²) in [6.45, 7) is 3.97. The fraction of sp³-hybridized carbons (Fsp3) is 0.500. The third-order valence-corrected chi connectivity index (χ3v) is 3.75. The summed E-state index contributed by atoms with van der Waals surface area (Å²) in [7, 11) is 0. The van der Waals surface area contributed by atoms with Crippen LogP contribution in [-0.2, 0) is 16.0 Å². The molecule has 2 rings (SSSR count). The summed E-state index contributed by atoms with van der Waals surface area (Å²) in [5.41, 5.74) is 1.21. The Morgan fingerprint density at radius 1 is 1.47 bits per heavy atom. The first-order valence-corrected chi connectivity index (χ1v) is 7.33. The summed E-state index contributed by atoms with van der Waals surface area (Å²) < 4.78 is 6.53. The van der Waals surface area contributed by atoms with Crippen LogP contribution in [0.25, 0.3) is 0 Å². The van der Waals surface area contributed by atoms with Crippen molar-refractivity contribution in [3.8, 4) is 0 Å². The lowest BCUT2D eigenvalue weighted by Gasteiger charge is -2.29. The van der Waals surface area contributed by atoms with Crippen molar-refractivity contribution in [2.45, 2.75) is 25.5 Å².